The molecule has 2 atom stereocenters. The standard InChI is InChI=1S/C23H26F2N8O2S/c1-14-6-7-18(29-28-14)32-9-8-16(11-32)26-21-30-31-22(36-21)27-20(34)19(35-2)15-4-3-5-17(10-15)33-12-23(24,25)13-33/h3-7,10,16,19H,8-9,11-13H2,1-2H3,(H,26,30)(H,27,31,34)/t16-,19?/m1/s1. The molecule has 2 fully saturated rings. The molecule has 2 aromatic heterocycles. The van der Waals surface area contributed by atoms with E-state index in [1.807, 2.05) is 19.1 Å². The zero-order valence-electron chi connectivity index (χ0n) is 19.8. The Kier molecular flexibility index (Phi) is 6.67. The molecule has 190 valence electrons. The molecule has 2 N–H and O–H groups in total. The number of benzene rings is 1. The first-order valence-corrected chi connectivity index (χ1v) is 12.3. The smallest absolute Gasteiger partial charge is 0.282 e. The Balaban J connectivity index is 1.17. The summed E-state index contributed by atoms with van der Waals surface area (Å²) >= 11 is 1.23. The minimum Gasteiger partial charge on any atom is -0.367 e. The normalized spacial score (nSPS) is 19.6. The predicted molar refractivity (Wildman–Crippen MR) is 133 cm³/mol. The lowest BCUT2D eigenvalue weighted by molar-refractivity contribution is -0.126. The number of ether oxygens (including phenoxy) is 1. The molecule has 13 heteroatoms. The van der Waals surface area contributed by atoms with Crippen LogP contribution in [0, 0.1) is 6.92 Å². The van der Waals surface area contributed by atoms with Gasteiger partial charge in [0.1, 0.15) is 0 Å². The van der Waals surface area contributed by atoms with Crippen molar-refractivity contribution in [3.8, 4) is 0 Å². The van der Waals surface area contributed by atoms with Gasteiger partial charge in [0.05, 0.1) is 18.8 Å². The van der Waals surface area contributed by atoms with Gasteiger partial charge in [-0.25, -0.2) is 8.78 Å². The second-order valence-electron chi connectivity index (χ2n) is 8.93. The van der Waals surface area contributed by atoms with Crippen LogP contribution in [0.15, 0.2) is 36.4 Å². The molecule has 0 radical (unpaired) electrons. The van der Waals surface area contributed by atoms with Crippen LogP contribution in [0.4, 0.5) is 30.5 Å². The number of aryl methyl sites for hydroxylation is 1. The van der Waals surface area contributed by atoms with Crippen LogP contribution >= 0.6 is 11.3 Å². The zero-order valence-corrected chi connectivity index (χ0v) is 20.6. The fourth-order valence-corrected chi connectivity index (χ4v) is 5.02. The number of halogens is 2. The number of amides is 1. The van der Waals surface area contributed by atoms with E-state index < -0.39 is 17.9 Å². The number of rotatable bonds is 8. The number of methoxy groups -OCH3 is 1. The molecule has 2 aliphatic rings. The third-order valence-corrected chi connectivity index (χ3v) is 6.91. The van der Waals surface area contributed by atoms with Crippen molar-refractivity contribution in [1.29, 1.82) is 0 Å². The van der Waals surface area contributed by atoms with E-state index in [0.717, 1.165) is 31.0 Å². The Morgan fingerprint density at radius 1 is 1.14 bits per heavy atom. The number of nitrogens with zero attached hydrogens (tertiary/aromatic N) is 6. The Morgan fingerprint density at radius 2 is 1.94 bits per heavy atom. The molecule has 1 aromatic carbocycles. The molecular formula is C23H26F2N8O2S. The number of aromatic nitrogens is 4. The van der Waals surface area contributed by atoms with Gasteiger partial charge in [0.2, 0.25) is 10.3 Å². The first kappa shape index (κ1) is 24.3. The van der Waals surface area contributed by atoms with Crippen LogP contribution < -0.4 is 20.4 Å². The maximum atomic E-state index is 13.3. The second-order valence-corrected chi connectivity index (χ2v) is 9.91. The summed E-state index contributed by atoms with van der Waals surface area (Å²) in [6.07, 6.45) is -0.0203. The fourth-order valence-electron chi connectivity index (χ4n) is 4.30. The summed E-state index contributed by atoms with van der Waals surface area (Å²) in [5.74, 6) is -2.26. The Labute approximate surface area is 210 Å². The SMILES string of the molecule is COC(C(=O)Nc1nnc(N[C@@H]2CCN(c3ccc(C)nn3)C2)s1)c1cccc(N2CC(F)(F)C2)c1. The molecule has 3 aromatic rings. The van der Waals surface area contributed by atoms with Crippen LogP contribution in [0.25, 0.3) is 0 Å². The number of hydrogen-bond acceptors (Lipinski definition) is 10. The second kappa shape index (κ2) is 9.90. The number of alkyl halides is 2. The quantitative estimate of drug-likeness (QED) is 0.467. The largest absolute Gasteiger partial charge is 0.367 e. The zero-order chi connectivity index (χ0) is 25.3. The van der Waals surface area contributed by atoms with Gasteiger partial charge in [0.15, 0.2) is 11.9 Å². The molecule has 36 heavy (non-hydrogen) atoms. The van der Waals surface area contributed by atoms with E-state index in [4.69, 9.17) is 4.74 Å². The Morgan fingerprint density at radius 3 is 2.67 bits per heavy atom. The molecule has 5 rings (SSSR count). The van der Waals surface area contributed by atoms with Gasteiger partial charge < -0.3 is 19.9 Å². The molecule has 0 aliphatic carbocycles. The van der Waals surface area contributed by atoms with Gasteiger partial charge in [-0.3, -0.25) is 10.1 Å². The van der Waals surface area contributed by atoms with Gasteiger partial charge in [-0.2, -0.15) is 5.10 Å². The van der Waals surface area contributed by atoms with Gasteiger partial charge in [0, 0.05) is 31.9 Å². The van der Waals surface area contributed by atoms with E-state index in [9.17, 15) is 13.6 Å². The number of carbonyl (C=O) groups excluding carboxylic acids is 1. The van der Waals surface area contributed by atoms with E-state index >= 15 is 0 Å². The summed E-state index contributed by atoms with van der Waals surface area (Å²) in [5, 5.41) is 23.6. The van der Waals surface area contributed by atoms with Crippen LogP contribution in [-0.2, 0) is 9.53 Å². The minimum atomic E-state index is -2.68. The summed E-state index contributed by atoms with van der Waals surface area (Å²) in [5.41, 5.74) is 2.06. The van der Waals surface area contributed by atoms with Crippen LogP contribution in [0.2, 0.25) is 0 Å². The number of nitrogens with one attached hydrogen (secondary N) is 2. The first-order chi connectivity index (χ1) is 17.3. The van der Waals surface area contributed by atoms with Gasteiger partial charge in [-0.1, -0.05) is 23.5 Å². The molecule has 1 amide bonds. The molecule has 2 aliphatic heterocycles. The molecule has 0 bridgehead atoms. The van der Waals surface area contributed by atoms with Crippen LogP contribution in [0.5, 0.6) is 0 Å². The first-order valence-electron chi connectivity index (χ1n) is 11.5. The maximum Gasteiger partial charge on any atom is 0.282 e. The van der Waals surface area contributed by atoms with Crippen molar-refractivity contribution in [1.82, 2.24) is 20.4 Å². The monoisotopic (exact) mass is 516 g/mol. The highest BCUT2D eigenvalue weighted by atomic mass is 32.1. The van der Waals surface area contributed by atoms with Gasteiger partial charge in [-0.05, 0) is 43.2 Å². The summed E-state index contributed by atoms with van der Waals surface area (Å²) < 4.78 is 31.9. The van der Waals surface area contributed by atoms with Crippen LogP contribution in [0.3, 0.4) is 0 Å². The van der Waals surface area contributed by atoms with Crippen molar-refractivity contribution in [3.63, 3.8) is 0 Å². The predicted octanol–water partition coefficient (Wildman–Crippen LogP) is 3.11. The average molecular weight is 517 g/mol. The lowest BCUT2D eigenvalue weighted by Crippen LogP contribution is -2.56. The van der Waals surface area contributed by atoms with E-state index in [1.165, 1.54) is 18.4 Å². The van der Waals surface area contributed by atoms with Gasteiger partial charge in [0.25, 0.3) is 11.8 Å². The maximum absolute atomic E-state index is 13.3. The third kappa shape index (κ3) is 5.36. The van der Waals surface area contributed by atoms with Crippen molar-refractivity contribution in [2.24, 2.45) is 0 Å². The summed E-state index contributed by atoms with van der Waals surface area (Å²) in [4.78, 5) is 16.6. The molecule has 10 nitrogen and oxygen atoms in total. The van der Waals surface area contributed by atoms with Crippen molar-refractivity contribution < 1.29 is 18.3 Å². The highest BCUT2D eigenvalue weighted by Crippen LogP contribution is 2.33. The van der Waals surface area contributed by atoms with Crippen molar-refractivity contribution >= 4 is 39.0 Å². The van der Waals surface area contributed by atoms with E-state index in [1.54, 1.807) is 29.2 Å². The molecule has 4 heterocycles. The lowest BCUT2D eigenvalue weighted by Gasteiger charge is -2.40. The lowest BCUT2D eigenvalue weighted by atomic mass is 10.0. The van der Waals surface area contributed by atoms with Crippen molar-refractivity contribution in [2.45, 2.75) is 31.4 Å². The van der Waals surface area contributed by atoms with Gasteiger partial charge in [-0.15, -0.1) is 15.3 Å². The number of hydrogen-bond donors (Lipinski definition) is 2. The summed E-state index contributed by atoms with van der Waals surface area (Å²) in [6, 6.07) is 10.9. The summed E-state index contributed by atoms with van der Waals surface area (Å²) in [7, 11) is 1.42. The molecular weight excluding hydrogens is 490 g/mol. The Hall–Kier alpha value is -3.45. The van der Waals surface area contributed by atoms with Crippen molar-refractivity contribution in [2.75, 3.05) is 53.7 Å². The molecule has 0 spiro atoms. The van der Waals surface area contributed by atoms with E-state index in [2.05, 4.69) is 35.9 Å². The highest BCUT2D eigenvalue weighted by Gasteiger charge is 2.44. The molecule has 0 saturated carbocycles. The fraction of sp³-hybridized carbons (Fsp3) is 0.435. The minimum absolute atomic E-state index is 0.160. The Bertz CT molecular complexity index is 1220. The van der Waals surface area contributed by atoms with E-state index in [-0.39, 0.29) is 19.1 Å². The number of carbonyl (C=O) groups is 1. The average Bonchev–Trinajstić information content (AvgIpc) is 3.48. The third-order valence-electron chi connectivity index (χ3n) is 6.14. The van der Waals surface area contributed by atoms with Gasteiger partial charge >= 0.3 is 0 Å². The highest BCUT2D eigenvalue weighted by molar-refractivity contribution is 7.19. The molecule has 1 unspecified atom stereocenters. The van der Waals surface area contributed by atoms with Crippen molar-refractivity contribution in [3.05, 3.63) is 47.7 Å². The van der Waals surface area contributed by atoms with Crippen LogP contribution in [-0.4, -0.2) is 71.6 Å². The van der Waals surface area contributed by atoms with E-state index in [0.29, 0.717) is 21.5 Å². The number of anilines is 4. The topological polar surface area (TPSA) is 108 Å². The summed E-state index contributed by atoms with van der Waals surface area (Å²) in [6.45, 7) is 2.83. The molecule has 2 saturated heterocycles. The van der Waals surface area contributed by atoms with Crippen LogP contribution in [0.1, 0.15) is 23.8 Å².